The third kappa shape index (κ3) is 3.76. The lowest BCUT2D eigenvalue weighted by Gasteiger charge is -2.35. The number of rotatable bonds is 3. The quantitative estimate of drug-likeness (QED) is 0.831. The summed E-state index contributed by atoms with van der Waals surface area (Å²) in [4.78, 5) is 35.2. The van der Waals surface area contributed by atoms with Crippen LogP contribution in [0.1, 0.15) is 29.0 Å². The predicted octanol–water partition coefficient (Wildman–Crippen LogP) is 1.45. The summed E-state index contributed by atoms with van der Waals surface area (Å²) in [5.74, 6) is 0.278. The molecule has 0 saturated carbocycles. The Kier molecular flexibility index (Phi) is 5.22. The number of amides is 3. The first-order chi connectivity index (χ1) is 12.0. The van der Waals surface area contributed by atoms with Crippen LogP contribution in [0.15, 0.2) is 18.2 Å². The number of carbonyl (C=O) groups is 2. The molecule has 2 atom stereocenters. The van der Waals surface area contributed by atoms with Gasteiger partial charge in [-0.1, -0.05) is 6.07 Å². The van der Waals surface area contributed by atoms with Gasteiger partial charge in [0.05, 0.1) is 12.3 Å². The highest BCUT2D eigenvalue weighted by atomic mass is 16.5. The molecule has 1 aromatic heterocycles. The van der Waals surface area contributed by atoms with Crippen molar-refractivity contribution in [2.45, 2.75) is 25.5 Å². The van der Waals surface area contributed by atoms with E-state index in [0.717, 1.165) is 18.5 Å². The number of ether oxygens (including phenoxy) is 1. The number of aromatic nitrogens is 1. The number of fused-ring (bicyclic) bond motifs is 4. The number of hydrogen-bond donors (Lipinski definition) is 0. The molecule has 0 aromatic carbocycles. The van der Waals surface area contributed by atoms with Crippen molar-refractivity contribution in [2.24, 2.45) is 5.92 Å². The number of urea groups is 1. The number of nitrogens with zero attached hydrogens (tertiary/aromatic N) is 4. The van der Waals surface area contributed by atoms with Crippen molar-refractivity contribution in [2.75, 3.05) is 40.8 Å². The lowest BCUT2D eigenvalue weighted by Crippen LogP contribution is -2.48. The maximum atomic E-state index is 13.0. The molecule has 3 fully saturated rings. The summed E-state index contributed by atoms with van der Waals surface area (Å²) in [6.45, 7) is 2.39. The van der Waals surface area contributed by atoms with Crippen LogP contribution in [0.2, 0.25) is 0 Å². The molecule has 0 unspecified atom stereocenters. The number of pyridine rings is 1. The van der Waals surface area contributed by atoms with Gasteiger partial charge < -0.3 is 19.4 Å². The van der Waals surface area contributed by atoms with Gasteiger partial charge in [-0.2, -0.15) is 0 Å². The second-order valence-electron chi connectivity index (χ2n) is 7.08. The first-order valence-electron chi connectivity index (χ1n) is 8.71. The second-order valence-corrected chi connectivity index (χ2v) is 7.08. The van der Waals surface area contributed by atoms with Crippen LogP contribution >= 0.6 is 0 Å². The van der Waals surface area contributed by atoms with Gasteiger partial charge in [-0.3, -0.25) is 4.79 Å². The molecule has 1 aromatic rings. The van der Waals surface area contributed by atoms with Crippen LogP contribution < -0.4 is 0 Å². The van der Waals surface area contributed by atoms with Gasteiger partial charge in [-0.15, -0.1) is 0 Å². The van der Waals surface area contributed by atoms with Crippen LogP contribution in [0.5, 0.6) is 0 Å². The lowest BCUT2D eigenvalue weighted by molar-refractivity contribution is 0.0579. The summed E-state index contributed by atoms with van der Waals surface area (Å²) >= 11 is 0. The third-order valence-corrected chi connectivity index (χ3v) is 4.95. The number of hydrogen-bond acceptors (Lipinski definition) is 4. The molecule has 0 spiro atoms. The van der Waals surface area contributed by atoms with Crippen molar-refractivity contribution in [3.63, 3.8) is 0 Å². The maximum Gasteiger partial charge on any atom is 0.319 e. The van der Waals surface area contributed by atoms with Gasteiger partial charge in [0.15, 0.2) is 0 Å². The van der Waals surface area contributed by atoms with E-state index in [1.54, 1.807) is 32.2 Å². The van der Waals surface area contributed by atoms with E-state index in [9.17, 15) is 9.59 Å². The highest BCUT2D eigenvalue weighted by molar-refractivity contribution is 5.92. The van der Waals surface area contributed by atoms with Gasteiger partial charge in [-0.05, 0) is 30.9 Å². The Morgan fingerprint density at radius 3 is 2.76 bits per heavy atom. The minimum atomic E-state index is -0.0493. The van der Waals surface area contributed by atoms with Crippen molar-refractivity contribution in [3.8, 4) is 0 Å². The smallest absolute Gasteiger partial charge is 0.319 e. The fourth-order valence-corrected chi connectivity index (χ4v) is 3.74. The second kappa shape index (κ2) is 7.39. The van der Waals surface area contributed by atoms with E-state index < -0.39 is 0 Å². The average molecular weight is 346 g/mol. The Labute approximate surface area is 148 Å². The molecule has 4 rings (SSSR count). The summed E-state index contributed by atoms with van der Waals surface area (Å²) < 4.78 is 5.10. The fourth-order valence-electron chi connectivity index (χ4n) is 3.74. The van der Waals surface area contributed by atoms with Crippen LogP contribution in [0, 0.1) is 5.92 Å². The van der Waals surface area contributed by atoms with E-state index in [1.807, 2.05) is 21.9 Å². The molecule has 4 heterocycles. The number of methoxy groups -OCH3 is 1. The van der Waals surface area contributed by atoms with Gasteiger partial charge in [0.1, 0.15) is 5.69 Å². The summed E-state index contributed by atoms with van der Waals surface area (Å²) in [5.41, 5.74) is 1.20. The van der Waals surface area contributed by atoms with Gasteiger partial charge in [0.25, 0.3) is 5.91 Å². The Balaban J connectivity index is 1.78. The number of carbonyl (C=O) groups excluding carboxylic acids is 2. The minimum Gasteiger partial charge on any atom is -0.378 e. The molecule has 3 amide bonds. The molecule has 25 heavy (non-hydrogen) atoms. The van der Waals surface area contributed by atoms with E-state index in [2.05, 4.69) is 4.98 Å². The van der Waals surface area contributed by atoms with E-state index in [4.69, 9.17) is 4.74 Å². The Bertz CT molecular complexity index is 649. The zero-order valence-corrected chi connectivity index (χ0v) is 15.1. The molecular formula is C18H26N4O3. The SMILES string of the molecule is COCc1cccc(C(=O)N2C[C@H]3CC[C@@H]2CN(C(=O)N(C)C)C3)n1. The van der Waals surface area contributed by atoms with Gasteiger partial charge in [0, 0.05) is 46.9 Å². The molecule has 2 bridgehead atoms. The van der Waals surface area contributed by atoms with Gasteiger partial charge >= 0.3 is 6.03 Å². The van der Waals surface area contributed by atoms with Gasteiger partial charge in [-0.25, -0.2) is 9.78 Å². The summed E-state index contributed by atoms with van der Waals surface area (Å²) in [6.07, 6.45) is 1.99. The Morgan fingerprint density at radius 2 is 2.04 bits per heavy atom. The largest absolute Gasteiger partial charge is 0.378 e. The standard InChI is InChI=1S/C18H26N4O3/c1-20(2)18(24)21-9-13-7-8-15(11-21)22(10-13)17(23)16-6-4-5-14(19-16)12-25-3/h4-6,13,15H,7-12H2,1-3H3/t13-,15+/m0/s1. The Morgan fingerprint density at radius 1 is 1.24 bits per heavy atom. The summed E-state index contributed by atoms with van der Waals surface area (Å²) in [5, 5.41) is 0. The normalized spacial score (nSPS) is 22.7. The van der Waals surface area contributed by atoms with Crippen molar-refractivity contribution >= 4 is 11.9 Å². The molecule has 136 valence electrons. The topological polar surface area (TPSA) is 66.0 Å². The van der Waals surface area contributed by atoms with E-state index in [-0.39, 0.29) is 18.0 Å². The van der Waals surface area contributed by atoms with Crippen LogP contribution in [0.3, 0.4) is 0 Å². The van der Waals surface area contributed by atoms with Crippen molar-refractivity contribution in [1.29, 1.82) is 0 Å². The molecule has 3 aliphatic heterocycles. The fraction of sp³-hybridized carbons (Fsp3) is 0.611. The average Bonchev–Trinajstić information content (AvgIpc) is 2.92. The lowest BCUT2D eigenvalue weighted by atomic mass is 9.94. The Hall–Kier alpha value is -2.15. The molecule has 0 N–H and O–H groups in total. The van der Waals surface area contributed by atoms with Crippen molar-refractivity contribution < 1.29 is 14.3 Å². The van der Waals surface area contributed by atoms with Crippen LogP contribution in [0.4, 0.5) is 4.79 Å². The summed E-state index contributed by atoms with van der Waals surface area (Å²) in [7, 11) is 5.15. The first kappa shape index (κ1) is 17.7. The molecule has 3 saturated heterocycles. The van der Waals surface area contributed by atoms with Crippen LogP contribution in [0.25, 0.3) is 0 Å². The zero-order chi connectivity index (χ0) is 18.0. The van der Waals surface area contributed by atoms with Crippen LogP contribution in [-0.2, 0) is 11.3 Å². The molecular weight excluding hydrogens is 320 g/mol. The minimum absolute atomic E-state index is 0.0198. The molecule has 7 heteroatoms. The third-order valence-electron chi connectivity index (χ3n) is 4.95. The van der Waals surface area contributed by atoms with Crippen molar-refractivity contribution in [3.05, 3.63) is 29.6 Å². The molecule has 7 nitrogen and oxygen atoms in total. The van der Waals surface area contributed by atoms with E-state index >= 15 is 0 Å². The zero-order valence-electron chi connectivity index (χ0n) is 15.1. The van der Waals surface area contributed by atoms with E-state index in [1.165, 1.54) is 0 Å². The maximum absolute atomic E-state index is 13.0. The highest BCUT2D eigenvalue weighted by Crippen LogP contribution is 2.29. The number of piperidine rings is 1. The molecule has 0 aliphatic carbocycles. The van der Waals surface area contributed by atoms with Crippen LogP contribution in [-0.4, -0.2) is 78.5 Å². The first-order valence-corrected chi connectivity index (χ1v) is 8.71. The van der Waals surface area contributed by atoms with Crippen molar-refractivity contribution in [1.82, 2.24) is 19.7 Å². The molecule has 0 radical (unpaired) electrons. The summed E-state index contributed by atoms with van der Waals surface area (Å²) in [6, 6.07) is 5.52. The highest BCUT2D eigenvalue weighted by Gasteiger charge is 2.39. The molecule has 3 aliphatic rings. The van der Waals surface area contributed by atoms with E-state index in [0.29, 0.717) is 37.9 Å². The predicted molar refractivity (Wildman–Crippen MR) is 93.2 cm³/mol. The monoisotopic (exact) mass is 346 g/mol. The van der Waals surface area contributed by atoms with Gasteiger partial charge in [0.2, 0.25) is 0 Å².